The van der Waals surface area contributed by atoms with Gasteiger partial charge in [-0.3, -0.25) is 9.69 Å². The zero-order valence-electron chi connectivity index (χ0n) is 30.3. The highest BCUT2D eigenvalue weighted by Gasteiger charge is 2.49. The Bertz CT molecular complexity index is 2420. The highest BCUT2D eigenvalue weighted by molar-refractivity contribution is 6.36. The number of pyridine rings is 2. The number of urea groups is 1. The van der Waals surface area contributed by atoms with Crippen LogP contribution >= 0.6 is 11.6 Å². The number of rotatable bonds is 8. The Labute approximate surface area is 318 Å². The van der Waals surface area contributed by atoms with Crippen LogP contribution in [-0.2, 0) is 19.6 Å². The predicted octanol–water partition coefficient (Wildman–Crippen LogP) is 6.24. The van der Waals surface area contributed by atoms with Crippen LogP contribution in [0.3, 0.4) is 0 Å². The first-order chi connectivity index (χ1) is 26.3. The molecular formula is C39H38ClF3N8O4. The average Bonchev–Trinajstić information content (AvgIpc) is 3.86. The van der Waals surface area contributed by atoms with Gasteiger partial charge in [-0.05, 0) is 61.1 Å². The minimum atomic E-state index is -4.75. The molecule has 8 rings (SSSR count). The fourth-order valence-corrected chi connectivity index (χ4v) is 8.67. The van der Waals surface area contributed by atoms with Gasteiger partial charge >= 0.3 is 12.2 Å². The average molecular weight is 775 g/mol. The van der Waals surface area contributed by atoms with Crippen LogP contribution in [0, 0.1) is 6.92 Å². The largest absolute Gasteiger partial charge is 0.481 e. The summed E-state index contributed by atoms with van der Waals surface area (Å²) in [5.74, 6) is 0.278. The van der Waals surface area contributed by atoms with Gasteiger partial charge in [0.15, 0.2) is 0 Å². The number of aromatic nitrogens is 4. The normalized spacial score (nSPS) is 19.7. The number of aliphatic hydroxyl groups excluding tert-OH is 1. The van der Waals surface area contributed by atoms with Gasteiger partial charge in [0.25, 0.3) is 5.56 Å². The van der Waals surface area contributed by atoms with Gasteiger partial charge in [0.1, 0.15) is 11.5 Å². The Kier molecular flexibility index (Phi) is 9.21. The first kappa shape index (κ1) is 36.7. The molecule has 16 heteroatoms. The number of amides is 2. The van der Waals surface area contributed by atoms with Crippen molar-refractivity contribution in [1.82, 2.24) is 34.9 Å². The van der Waals surface area contributed by atoms with E-state index in [-0.39, 0.29) is 40.8 Å². The summed E-state index contributed by atoms with van der Waals surface area (Å²) in [6.07, 6.45) is -1.06. The number of fused-ring (bicyclic) bond motifs is 2. The lowest BCUT2D eigenvalue weighted by atomic mass is 9.96. The molecule has 0 bridgehead atoms. The Morgan fingerprint density at radius 2 is 1.85 bits per heavy atom. The lowest BCUT2D eigenvalue weighted by Gasteiger charge is -2.28. The number of halogens is 4. The highest BCUT2D eigenvalue weighted by atomic mass is 35.5. The maximum absolute atomic E-state index is 13.9. The zero-order valence-corrected chi connectivity index (χ0v) is 31.1. The summed E-state index contributed by atoms with van der Waals surface area (Å²) < 4.78 is 48.6. The number of alkyl halides is 3. The van der Waals surface area contributed by atoms with Gasteiger partial charge in [0, 0.05) is 67.0 Å². The van der Waals surface area contributed by atoms with E-state index in [1.165, 1.54) is 13.2 Å². The number of benzene rings is 2. The number of hydrogen-bond acceptors (Lipinski definition) is 9. The lowest BCUT2D eigenvalue weighted by Crippen LogP contribution is -2.46. The second-order valence-electron chi connectivity index (χ2n) is 14.4. The maximum Gasteiger partial charge on any atom is 0.433 e. The van der Waals surface area contributed by atoms with Crippen molar-refractivity contribution >= 4 is 39.9 Å². The van der Waals surface area contributed by atoms with Crippen LogP contribution in [-0.4, -0.2) is 86.1 Å². The summed E-state index contributed by atoms with van der Waals surface area (Å²) in [7, 11) is 3.02. The smallest absolute Gasteiger partial charge is 0.433 e. The molecule has 3 aromatic heterocycles. The third kappa shape index (κ3) is 6.43. The van der Waals surface area contributed by atoms with Crippen LogP contribution < -0.4 is 20.9 Å². The topological polar surface area (TPSA) is 138 Å². The molecule has 2 amide bonds. The van der Waals surface area contributed by atoms with Gasteiger partial charge in [-0.2, -0.15) is 18.3 Å². The number of ether oxygens (including phenoxy) is 1. The molecule has 0 unspecified atom stereocenters. The van der Waals surface area contributed by atoms with Crippen LogP contribution in [0.4, 0.5) is 29.5 Å². The van der Waals surface area contributed by atoms with Crippen LogP contribution in [0.15, 0.2) is 59.5 Å². The third-order valence-corrected chi connectivity index (χ3v) is 11.4. The molecule has 55 heavy (non-hydrogen) atoms. The van der Waals surface area contributed by atoms with Gasteiger partial charge in [-0.15, -0.1) is 0 Å². The summed E-state index contributed by atoms with van der Waals surface area (Å²) in [6.45, 7) is 4.09. The second-order valence-corrected chi connectivity index (χ2v) is 14.8. The number of methoxy groups -OCH3 is 1. The Hall–Kier alpha value is -5.25. The van der Waals surface area contributed by atoms with E-state index in [0.717, 1.165) is 53.2 Å². The van der Waals surface area contributed by atoms with E-state index in [2.05, 4.69) is 31.7 Å². The summed E-state index contributed by atoms with van der Waals surface area (Å²) in [4.78, 5) is 38.5. The Morgan fingerprint density at radius 3 is 2.62 bits per heavy atom. The monoisotopic (exact) mass is 774 g/mol. The van der Waals surface area contributed by atoms with Gasteiger partial charge in [0.2, 0.25) is 5.88 Å². The minimum Gasteiger partial charge on any atom is -0.481 e. The molecule has 2 aromatic carbocycles. The Morgan fingerprint density at radius 1 is 1.09 bits per heavy atom. The SMILES string of the molecule is COc1nc(-c2cccc(-c3cccc(Nc4nc(C(F)(F)F)cc5cnn(C)c(=O)c45)c3C)c2Cl)cc2c1[C@H](N1CC[C@@]3(CN(CCO)C(=O)N3)C1)CC2. The lowest BCUT2D eigenvalue weighted by molar-refractivity contribution is -0.141. The van der Waals surface area contributed by atoms with E-state index in [4.69, 9.17) is 21.3 Å². The number of hydrogen-bond donors (Lipinski definition) is 3. The first-order valence-corrected chi connectivity index (χ1v) is 18.3. The summed E-state index contributed by atoms with van der Waals surface area (Å²) in [5.41, 5.74) is 3.86. The molecule has 2 atom stereocenters. The molecule has 3 aliphatic rings. The second kappa shape index (κ2) is 13.8. The van der Waals surface area contributed by atoms with Gasteiger partial charge in [0.05, 0.1) is 41.6 Å². The predicted molar refractivity (Wildman–Crippen MR) is 202 cm³/mol. The molecule has 2 fully saturated rings. The number of carbonyl (C=O) groups excluding carboxylic acids is 1. The molecule has 5 aromatic rings. The number of anilines is 2. The number of aryl methyl sites for hydroxylation is 2. The van der Waals surface area contributed by atoms with Gasteiger partial charge in [-0.1, -0.05) is 41.9 Å². The molecule has 2 saturated heterocycles. The molecule has 3 N–H and O–H groups in total. The van der Waals surface area contributed by atoms with E-state index in [0.29, 0.717) is 58.6 Å². The zero-order chi connectivity index (χ0) is 38.8. The number of β-amino-alcohol motifs (C(OH)–C–C–N with tert-alkyl or cyclic N) is 1. The molecule has 5 heterocycles. The van der Waals surface area contributed by atoms with E-state index in [9.17, 15) is 27.9 Å². The van der Waals surface area contributed by atoms with E-state index in [1.54, 1.807) is 24.1 Å². The molecule has 286 valence electrons. The van der Waals surface area contributed by atoms with E-state index in [1.807, 2.05) is 31.2 Å². The number of likely N-dealkylation sites (tertiary alicyclic amines) is 1. The van der Waals surface area contributed by atoms with Crippen LogP contribution in [0.2, 0.25) is 5.02 Å². The van der Waals surface area contributed by atoms with Crippen molar-refractivity contribution in [1.29, 1.82) is 0 Å². The van der Waals surface area contributed by atoms with E-state index >= 15 is 0 Å². The summed E-state index contributed by atoms with van der Waals surface area (Å²) in [6, 6.07) is 13.7. The van der Waals surface area contributed by atoms with Crippen molar-refractivity contribution in [2.75, 3.05) is 45.2 Å². The van der Waals surface area contributed by atoms with Crippen molar-refractivity contribution < 1.29 is 27.8 Å². The standard InChI is InChI=1S/C39H38ClF3N8O4/c1-21-24(6-5-9-27(21)45-34-32-23(18-44-49(2)36(32)53)17-30(47-34)39(41,42)43)25-7-4-8-26(33(25)40)28-16-22-10-11-29(31(22)35(46-28)55-3)50-13-12-38(19-50)20-51(14-15-52)37(54)48-38/h4-9,16-18,29,52H,10-15,19-20H2,1-3H3,(H,45,47)(H,48,54)/t29-,38+/m1/s1. The molecule has 0 saturated carbocycles. The first-order valence-electron chi connectivity index (χ1n) is 17.9. The molecule has 12 nitrogen and oxygen atoms in total. The minimum absolute atomic E-state index is 0.0123. The van der Waals surface area contributed by atoms with Crippen molar-refractivity contribution in [3.05, 3.63) is 92.5 Å². The summed E-state index contributed by atoms with van der Waals surface area (Å²) >= 11 is 7.19. The fourth-order valence-electron chi connectivity index (χ4n) is 8.34. The molecule has 1 aliphatic carbocycles. The Balaban J connectivity index is 1.11. The van der Waals surface area contributed by atoms with Crippen molar-refractivity contribution in [3.63, 3.8) is 0 Å². The molecule has 1 spiro atoms. The van der Waals surface area contributed by atoms with Crippen molar-refractivity contribution in [2.24, 2.45) is 7.05 Å². The van der Waals surface area contributed by atoms with Crippen molar-refractivity contribution in [2.45, 2.75) is 43.9 Å². The molecule has 2 aliphatic heterocycles. The van der Waals surface area contributed by atoms with Crippen LogP contribution in [0.25, 0.3) is 33.2 Å². The quantitative estimate of drug-likeness (QED) is 0.167. The number of aliphatic hydroxyl groups is 1. The van der Waals surface area contributed by atoms with E-state index < -0.39 is 17.4 Å². The number of nitrogens with one attached hydrogen (secondary N) is 2. The molecule has 0 radical (unpaired) electrons. The van der Waals surface area contributed by atoms with Gasteiger partial charge in [-0.25, -0.2) is 19.4 Å². The van der Waals surface area contributed by atoms with Crippen molar-refractivity contribution in [3.8, 4) is 28.3 Å². The summed E-state index contributed by atoms with van der Waals surface area (Å²) in [5, 5.41) is 19.9. The highest BCUT2D eigenvalue weighted by Crippen LogP contribution is 2.47. The maximum atomic E-state index is 13.9. The fraction of sp³-hybridized carbons (Fsp3) is 0.359. The van der Waals surface area contributed by atoms with Gasteiger partial charge < -0.3 is 25.4 Å². The third-order valence-electron chi connectivity index (χ3n) is 11.0. The van der Waals surface area contributed by atoms with Crippen LogP contribution in [0.1, 0.15) is 41.3 Å². The van der Waals surface area contributed by atoms with Crippen LogP contribution in [0.5, 0.6) is 5.88 Å². The number of nitrogens with zero attached hydrogens (tertiary/aromatic N) is 6. The number of carbonyl (C=O) groups is 1. The molecular weight excluding hydrogens is 737 g/mol.